The number of aromatic nitrogens is 1. The summed E-state index contributed by atoms with van der Waals surface area (Å²) in [6.07, 6.45) is -4.68. The zero-order chi connectivity index (χ0) is 24.0. The quantitative estimate of drug-likeness (QED) is 0.270. The number of hydrogen-bond donors (Lipinski definition) is 1. The first-order valence-corrected chi connectivity index (χ1v) is 11.9. The second kappa shape index (κ2) is 8.64. The second-order valence-corrected chi connectivity index (χ2v) is 10.1. The topological polar surface area (TPSA) is 68.3 Å². The van der Waals surface area contributed by atoms with E-state index in [1.807, 2.05) is 0 Å². The smallest absolute Gasteiger partial charge is 0.416 e. The van der Waals surface area contributed by atoms with E-state index in [0.717, 1.165) is 17.4 Å². The SMILES string of the molecule is O=S(=O)(Nc1cc(Cl)cc(Oc2nc3ccc(F)cc3s2)c1)c1ccc(C(F)(F)F)cc1Cl. The highest BCUT2D eigenvalue weighted by molar-refractivity contribution is 7.92. The number of halogens is 6. The molecule has 13 heteroatoms. The first-order chi connectivity index (χ1) is 15.4. The van der Waals surface area contributed by atoms with Gasteiger partial charge in [-0.25, -0.2) is 17.8 Å². The number of nitrogens with one attached hydrogen (secondary N) is 1. The summed E-state index contributed by atoms with van der Waals surface area (Å²) in [5.74, 6) is -0.308. The summed E-state index contributed by atoms with van der Waals surface area (Å²) >= 11 is 12.9. The van der Waals surface area contributed by atoms with Crippen molar-refractivity contribution >= 4 is 60.5 Å². The molecule has 0 radical (unpaired) electrons. The van der Waals surface area contributed by atoms with Crippen LogP contribution in [0.1, 0.15) is 5.56 Å². The summed E-state index contributed by atoms with van der Waals surface area (Å²) in [5, 5.41) is -0.328. The fraction of sp³-hybridized carbons (Fsp3) is 0.0500. The van der Waals surface area contributed by atoms with Gasteiger partial charge in [-0.1, -0.05) is 34.5 Å². The maximum absolute atomic E-state index is 13.4. The number of ether oxygens (including phenoxy) is 1. The van der Waals surface area contributed by atoms with Crippen molar-refractivity contribution in [3.8, 4) is 10.9 Å². The lowest BCUT2D eigenvalue weighted by molar-refractivity contribution is -0.137. The van der Waals surface area contributed by atoms with Crippen LogP contribution >= 0.6 is 34.5 Å². The summed E-state index contributed by atoms with van der Waals surface area (Å²) < 4.78 is 85.7. The number of anilines is 1. The number of alkyl halides is 3. The summed E-state index contributed by atoms with van der Waals surface area (Å²) in [6.45, 7) is 0. The van der Waals surface area contributed by atoms with Gasteiger partial charge in [0, 0.05) is 11.1 Å². The predicted octanol–water partition coefficient (Wildman–Crippen LogP) is 7.35. The molecule has 172 valence electrons. The minimum atomic E-state index is -4.68. The molecule has 4 rings (SSSR count). The van der Waals surface area contributed by atoms with E-state index in [4.69, 9.17) is 27.9 Å². The highest BCUT2D eigenvalue weighted by Crippen LogP contribution is 2.36. The molecule has 0 atom stereocenters. The third-order valence-electron chi connectivity index (χ3n) is 4.21. The second-order valence-electron chi connectivity index (χ2n) is 6.62. The molecule has 1 N–H and O–H groups in total. The Morgan fingerprint density at radius 1 is 1.00 bits per heavy atom. The van der Waals surface area contributed by atoms with E-state index in [0.29, 0.717) is 22.3 Å². The lowest BCUT2D eigenvalue weighted by atomic mass is 10.2. The van der Waals surface area contributed by atoms with Gasteiger partial charge in [0.2, 0.25) is 0 Å². The monoisotopic (exact) mass is 536 g/mol. The molecule has 0 saturated heterocycles. The van der Waals surface area contributed by atoms with Crippen LogP contribution in [0.3, 0.4) is 0 Å². The molecule has 0 saturated carbocycles. The van der Waals surface area contributed by atoms with Crippen molar-refractivity contribution in [2.24, 2.45) is 0 Å². The molecular formula is C20H10Cl2F4N2O3S2. The van der Waals surface area contributed by atoms with Gasteiger partial charge in [-0.15, -0.1) is 0 Å². The Kier molecular flexibility index (Phi) is 6.16. The van der Waals surface area contributed by atoms with Crippen LogP contribution in [0.5, 0.6) is 10.9 Å². The van der Waals surface area contributed by atoms with Gasteiger partial charge >= 0.3 is 6.18 Å². The molecule has 1 heterocycles. The Hall–Kier alpha value is -2.60. The van der Waals surface area contributed by atoms with E-state index >= 15 is 0 Å². The van der Waals surface area contributed by atoms with Crippen molar-refractivity contribution in [3.63, 3.8) is 0 Å². The number of nitrogens with zero attached hydrogens (tertiary/aromatic N) is 1. The first kappa shape index (κ1) is 23.6. The number of rotatable bonds is 5. The van der Waals surface area contributed by atoms with Gasteiger partial charge in [-0.05, 0) is 48.5 Å². The molecule has 0 unspecified atom stereocenters. The Morgan fingerprint density at radius 3 is 2.45 bits per heavy atom. The zero-order valence-electron chi connectivity index (χ0n) is 16.0. The zero-order valence-corrected chi connectivity index (χ0v) is 19.1. The lowest BCUT2D eigenvalue weighted by Crippen LogP contribution is -2.14. The Balaban J connectivity index is 1.61. The molecule has 0 spiro atoms. The highest BCUT2D eigenvalue weighted by atomic mass is 35.5. The number of sulfonamides is 1. The van der Waals surface area contributed by atoms with Crippen LogP contribution in [0.25, 0.3) is 10.2 Å². The summed E-state index contributed by atoms with van der Waals surface area (Å²) in [6, 6.07) is 9.91. The van der Waals surface area contributed by atoms with Crippen LogP contribution < -0.4 is 9.46 Å². The third-order valence-corrected chi connectivity index (χ3v) is 7.19. The molecule has 33 heavy (non-hydrogen) atoms. The molecule has 5 nitrogen and oxygen atoms in total. The van der Waals surface area contributed by atoms with Gasteiger partial charge in [-0.2, -0.15) is 13.2 Å². The first-order valence-electron chi connectivity index (χ1n) is 8.85. The van der Waals surface area contributed by atoms with Crippen molar-refractivity contribution < 1.29 is 30.7 Å². The number of thiazole rings is 1. The molecule has 0 aliphatic rings. The minimum absolute atomic E-state index is 0.0272. The molecule has 0 bridgehead atoms. The van der Waals surface area contributed by atoms with E-state index in [-0.39, 0.29) is 21.7 Å². The maximum Gasteiger partial charge on any atom is 0.416 e. The Morgan fingerprint density at radius 2 is 1.76 bits per heavy atom. The fourth-order valence-corrected chi connectivity index (χ4v) is 5.48. The van der Waals surface area contributed by atoms with Crippen LogP contribution in [0.2, 0.25) is 10.0 Å². The van der Waals surface area contributed by atoms with Gasteiger partial charge < -0.3 is 4.74 Å². The Bertz CT molecular complexity index is 1470. The summed E-state index contributed by atoms with van der Waals surface area (Å²) in [5.41, 5.74) is -0.600. The average Bonchev–Trinajstić information content (AvgIpc) is 3.07. The summed E-state index contributed by atoms with van der Waals surface area (Å²) in [7, 11) is -4.36. The normalized spacial score (nSPS) is 12.2. The molecule has 1 aromatic heterocycles. The van der Waals surface area contributed by atoms with Crippen LogP contribution in [0.15, 0.2) is 59.5 Å². The van der Waals surface area contributed by atoms with Crippen LogP contribution in [-0.2, 0) is 16.2 Å². The number of fused-ring (bicyclic) bond motifs is 1. The van der Waals surface area contributed by atoms with Crippen molar-refractivity contribution in [2.45, 2.75) is 11.1 Å². The highest BCUT2D eigenvalue weighted by Gasteiger charge is 2.32. The van der Waals surface area contributed by atoms with Crippen molar-refractivity contribution in [2.75, 3.05) is 4.72 Å². The van der Waals surface area contributed by atoms with Crippen molar-refractivity contribution in [1.29, 1.82) is 0 Å². The molecule has 0 aliphatic carbocycles. The average molecular weight is 537 g/mol. The number of benzene rings is 3. The molecule has 0 fully saturated rings. The molecular weight excluding hydrogens is 527 g/mol. The van der Waals surface area contributed by atoms with Gasteiger partial charge in [0.15, 0.2) is 0 Å². The minimum Gasteiger partial charge on any atom is -0.431 e. The van der Waals surface area contributed by atoms with Gasteiger partial charge in [-0.3, -0.25) is 4.72 Å². The molecule has 0 aliphatic heterocycles. The largest absolute Gasteiger partial charge is 0.431 e. The van der Waals surface area contributed by atoms with Gasteiger partial charge in [0.25, 0.3) is 15.2 Å². The van der Waals surface area contributed by atoms with Gasteiger partial charge in [0.1, 0.15) is 16.5 Å². The van der Waals surface area contributed by atoms with E-state index < -0.39 is 37.5 Å². The van der Waals surface area contributed by atoms with Gasteiger partial charge in [0.05, 0.1) is 26.5 Å². The van der Waals surface area contributed by atoms with Crippen molar-refractivity contribution in [1.82, 2.24) is 4.98 Å². The van der Waals surface area contributed by atoms with Crippen LogP contribution in [-0.4, -0.2) is 13.4 Å². The van der Waals surface area contributed by atoms with E-state index in [1.165, 1.54) is 36.4 Å². The third kappa shape index (κ3) is 5.32. The predicted molar refractivity (Wildman–Crippen MR) is 118 cm³/mol. The molecule has 4 aromatic rings. The van der Waals surface area contributed by atoms with Crippen LogP contribution in [0.4, 0.5) is 23.2 Å². The fourth-order valence-electron chi connectivity index (χ4n) is 2.81. The molecule has 0 amide bonds. The van der Waals surface area contributed by atoms with E-state index in [2.05, 4.69) is 9.71 Å². The summed E-state index contributed by atoms with van der Waals surface area (Å²) in [4.78, 5) is 3.66. The lowest BCUT2D eigenvalue weighted by Gasteiger charge is -2.13. The molecule has 3 aromatic carbocycles. The Labute approximate surface area is 198 Å². The van der Waals surface area contributed by atoms with Crippen LogP contribution in [0, 0.1) is 5.82 Å². The maximum atomic E-state index is 13.4. The standard InChI is InChI=1S/C20H10Cl2F4N2O3S2/c21-11-6-13(28-33(29,30)18-4-1-10(5-15(18)22)20(24,25)26)9-14(7-11)31-19-27-16-3-2-12(23)8-17(16)32-19/h1-9,28H. The number of hydrogen-bond acceptors (Lipinski definition) is 5. The van der Waals surface area contributed by atoms with E-state index in [9.17, 15) is 26.0 Å². The van der Waals surface area contributed by atoms with E-state index in [1.54, 1.807) is 0 Å². The van der Waals surface area contributed by atoms with Crippen molar-refractivity contribution in [3.05, 3.63) is 76.0 Å².